The molecule has 3 aromatic rings. The second kappa shape index (κ2) is 5.17. The highest BCUT2D eigenvalue weighted by Gasteiger charge is 2.11. The van der Waals surface area contributed by atoms with Crippen LogP contribution in [0.25, 0.3) is 10.9 Å². The first-order chi connectivity index (χ1) is 10.0. The average Bonchev–Trinajstić information content (AvgIpc) is 2.75. The Morgan fingerprint density at radius 2 is 2.10 bits per heavy atom. The number of halogens is 1. The van der Waals surface area contributed by atoms with E-state index in [0.717, 1.165) is 16.5 Å². The monoisotopic (exact) mass is 347 g/mol. The lowest BCUT2D eigenvalue weighted by atomic mass is 10.2. The molecule has 3 rings (SSSR count). The highest BCUT2D eigenvalue weighted by Crippen LogP contribution is 2.27. The van der Waals surface area contributed by atoms with Gasteiger partial charge in [-0.05, 0) is 39.7 Å². The van der Waals surface area contributed by atoms with Crippen LogP contribution >= 0.6 is 15.9 Å². The fourth-order valence-electron chi connectivity index (χ4n) is 2.19. The second-order valence-corrected chi connectivity index (χ2v) is 5.33. The first-order valence-electron chi connectivity index (χ1n) is 6.13. The second-order valence-electron chi connectivity index (χ2n) is 4.58. The van der Waals surface area contributed by atoms with E-state index < -0.39 is 4.92 Å². The van der Waals surface area contributed by atoms with Crippen LogP contribution in [-0.4, -0.2) is 19.8 Å². The maximum Gasteiger partial charge on any atom is 0.269 e. The Hall–Kier alpha value is -2.41. The number of nitrogens with zero attached hydrogens (tertiary/aromatic N) is 3. The Morgan fingerprint density at radius 3 is 2.86 bits per heavy atom. The highest BCUT2D eigenvalue weighted by molar-refractivity contribution is 9.10. The van der Waals surface area contributed by atoms with E-state index in [-0.39, 0.29) is 11.4 Å². The van der Waals surface area contributed by atoms with E-state index in [0.29, 0.717) is 11.1 Å². The van der Waals surface area contributed by atoms with Crippen molar-refractivity contribution in [2.45, 2.75) is 6.54 Å². The summed E-state index contributed by atoms with van der Waals surface area (Å²) in [5.41, 5.74) is 1.68. The molecule has 1 N–H and O–H groups in total. The van der Waals surface area contributed by atoms with Crippen LogP contribution in [0.15, 0.2) is 47.1 Å². The van der Waals surface area contributed by atoms with Gasteiger partial charge in [0.05, 0.1) is 17.0 Å². The van der Waals surface area contributed by atoms with E-state index in [2.05, 4.69) is 21.0 Å². The summed E-state index contributed by atoms with van der Waals surface area (Å²) in [6.07, 6.45) is 0. The molecule has 106 valence electrons. The standard InChI is InChI=1S/C14H10BrN3O3/c15-14-12-7-11(19)4-5-13(12)17(16-14)8-9-2-1-3-10(6-9)18(20)21/h1-7,19H,8H2. The summed E-state index contributed by atoms with van der Waals surface area (Å²) in [4.78, 5) is 10.4. The number of aromatic nitrogens is 2. The summed E-state index contributed by atoms with van der Waals surface area (Å²) in [5.74, 6) is 0.165. The van der Waals surface area contributed by atoms with Crippen LogP contribution in [0.4, 0.5) is 5.69 Å². The van der Waals surface area contributed by atoms with Gasteiger partial charge in [0.1, 0.15) is 10.4 Å². The van der Waals surface area contributed by atoms with E-state index in [1.54, 1.807) is 28.9 Å². The van der Waals surface area contributed by atoms with Gasteiger partial charge < -0.3 is 5.11 Å². The molecule has 0 spiro atoms. The molecule has 0 aliphatic heterocycles. The molecular formula is C14H10BrN3O3. The largest absolute Gasteiger partial charge is 0.508 e. The molecule has 0 radical (unpaired) electrons. The first kappa shape index (κ1) is 13.6. The van der Waals surface area contributed by atoms with Crippen LogP contribution in [0.1, 0.15) is 5.56 Å². The molecule has 0 bridgehead atoms. The number of phenols is 1. The van der Waals surface area contributed by atoms with Gasteiger partial charge in [0.25, 0.3) is 5.69 Å². The third-order valence-electron chi connectivity index (χ3n) is 3.14. The number of nitro groups is 1. The van der Waals surface area contributed by atoms with Crippen molar-refractivity contribution >= 4 is 32.5 Å². The van der Waals surface area contributed by atoms with Gasteiger partial charge in [-0.15, -0.1) is 0 Å². The number of benzene rings is 2. The molecule has 6 nitrogen and oxygen atoms in total. The zero-order valence-electron chi connectivity index (χ0n) is 10.7. The van der Waals surface area contributed by atoms with Crippen LogP contribution in [0.2, 0.25) is 0 Å². The first-order valence-corrected chi connectivity index (χ1v) is 6.92. The molecule has 0 fully saturated rings. The van der Waals surface area contributed by atoms with Gasteiger partial charge in [0.2, 0.25) is 0 Å². The Bertz CT molecular complexity index is 845. The molecule has 0 unspecified atom stereocenters. The predicted octanol–water partition coefficient (Wildman–Crippen LogP) is 3.46. The molecule has 0 aliphatic rings. The van der Waals surface area contributed by atoms with Crippen molar-refractivity contribution in [3.63, 3.8) is 0 Å². The van der Waals surface area contributed by atoms with Crippen molar-refractivity contribution in [3.05, 3.63) is 62.7 Å². The zero-order valence-corrected chi connectivity index (χ0v) is 12.3. The summed E-state index contributed by atoms with van der Waals surface area (Å²) in [6.45, 7) is 0.411. The van der Waals surface area contributed by atoms with E-state index in [9.17, 15) is 15.2 Å². The van der Waals surface area contributed by atoms with Gasteiger partial charge in [-0.25, -0.2) is 0 Å². The Morgan fingerprint density at radius 1 is 1.29 bits per heavy atom. The van der Waals surface area contributed by atoms with Crippen LogP contribution in [0, 0.1) is 10.1 Å². The maximum absolute atomic E-state index is 10.8. The Labute approximate surface area is 127 Å². The normalized spacial score (nSPS) is 10.9. The van der Waals surface area contributed by atoms with Gasteiger partial charge in [-0.1, -0.05) is 12.1 Å². The van der Waals surface area contributed by atoms with E-state index in [4.69, 9.17) is 0 Å². The van der Waals surface area contributed by atoms with E-state index in [1.807, 2.05) is 6.07 Å². The molecule has 0 saturated carbocycles. The minimum Gasteiger partial charge on any atom is -0.508 e. The summed E-state index contributed by atoms with van der Waals surface area (Å²) in [6, 6.07) is 11.4. The molecule has 0 saturated heterocycles. The van der Waals surface area contributed by atoms with Crippen molar-refractivity contribution in [1.82, 2.24) is 9.78 Å². The quantitative estimate of drug-likeness (QED) is 0.581. The number of phenolic OH excluding ortho intramolecular Hbond substituents is 1. The van der Waals surface area contributed by atoms with Gasteiger partial charge in [0, 0.05) is 17.5 Å². The number of hydrogen-bond acceptors (Lipinski definition) is 4. The summed E-state index contributed by atoms with van der Waals surface area (Å²) < 4.78 is 2.36. The minimum absolute atomic E-state index is 0.0562. The molecule has 1 heterocycles. The van der Waals surface area contributed by atoms with E-state index >= 15 is 0 Å². The number of aromatic hydroxyl groups is 1. The fraction of sp³-hybridized carbons (Fsp3) is 0.0714. The fourth-order valence-corrected chi connectivity index (χ4v) is 2.70. The van der Waals surface area contributed by atoms with Crippen molar-refractivity contribution in [1.29, 1.82) is 0 Å². The van der Waals surface area contributed by atoms with Crippen molar-refractivity contribution < 1.29 is 10.0 Å². The topological polar surface area (TPSA) is 81.2 Å². The number of hydrogen-bond donors (Lipinski definition) is 1. The molecule has 1 aromatic heterocycles. The molecule has 2 aromatic carbocycles. The van der Waals surface area contributed by atoms with Gasteiger partial charge >= 0.3 is 0 Å². The number of nitro benzene ring substituents is 1. The summed E-state index contributed by atoms with van der Waals surface area (Å²) in [5, 5.41) is 25.5. The predicted molar refractivity (Wildman–Crippen MR) is 81.3 cm³/mol. The lowest BCUT2D eigenvalue weighted by Crippen LogP contribution is -2.02. The summed E-state index contributed by atoms with van der Waals surface area (Å²) in [7, 11) is 0. The zero-order chi connectivity index (χ0) is 15.0. The summed E-state index contributed by atoms with van der Waals surface area (Å²) >= 11 is 3.35. The van der Waals surface area contributed by atoms with Crippen LogP contribution < -0.4 is 0 Å². The molecule has 21 heavy (non-hydrogen) atoms. The minimum atomic E-state index is -0.418. The Kier molecular flexibility index (Phi) is 3.34. The SMILES string of the molecule is O=[N+]([O-])c1cccc(Cn2nc(Br)c3cc(O)ccc32)c1. The van der Waals surface area contributed by atoms with Crippen molar-refractivity contribution in [3.8, 4) is 5.75 Å². The third kappa shape index (κ3) is 2.59. The average molecular weight is 348 g/mol. The smallest absolute Gasteiger partial charge is 0.269 e. The van der Waals surface area contributed by atoms with Gasteiger partial charge in [0.15, 0.2) is 0 Å². The lowest BCUT2D eigenvalue weighted by molar-refractivity contribution is -0.384. The molecule has 0 aliphatic carbocycles. The lowest BCUT2D eigenvalue weighted by Gasteiger charge is -2.04. The molecule has 0 atom stereocenters. The van der Waals surface area contributed by atoms with E-state index in [1.165, 1.54) is 12.1 Å². The molecular weight excluding hydrogens is 338 g/mol. The highest BCUT2D eigenvalue weighted by atomic mass is 79.9. The maximum atomic E-state index is 10.8. The van der Waals surface area contributed by atoms with Crippen LogP contribution in [0.5, 0.6) is 5.75 Å². The molecule has 7 heteroatoms. The Balaban J connectivity index is 2.02. The number of rotatable bonds is 3. The van der Waals surface area contributed by atoms with Crippen LogP contribution in [0.3, 0.4) is 0 Å². The van der Waals surface area contributed by atoms with Gasteiger partial charge in [-0.2, -0.15) is 5.10 Å². The number of fused-ring (bicyclic) bond motifs is 1. The van der Waals surface area contributed by atoms with Crippen LogP contribution in [-0.2, 0) is 6.54 Å². The van der Waals surface area contributed by atoms with Crippen molar-refractivity contribution in [2.24, 2.45) is 0 Å². The number of non-ortho nitro benzene ring substituents is 1. The van der Waals surface area contributed by atoms with Crippen molar-refractivity contribution in [2.75, 3.05) is 0 Å². The third-order valence-corrected chi connectivity index (χ3v) is 3.73. The molecule has 0 amide bonds. The van der Waals surface area contributed by atoms with Gasteiger partial charge in [-0.3, -0.25) is 14.8 Å².